The van der Waals surface area contributed by atoms with E-state index in [-0.39, 0.29) is 11.7 Å². The number of piperazine rings is 1. The second-order valence-corrected chi connectivity index (χ2v) is 6.13. The van der Waals surface area contributed by atoms with Gasteiger partial charge >= 0.3 is 0 Å². The normalized spacial score (nSPS) is 19.2. The third kappa shape index (κ3) is 3.94. The maximum atomic E-state index is 12.2. The molecule has 3 rings (SSSR count). The van der Waals surface area contributed by atoms with E-state index in [4.69, 9.17) is 0 Å². The quantitative estimate of drug-likeness (QED) is 0.637. The molecular formula is C17H24N4O2. The number of amides is 1. The summed E-state index contributed by atoms with van der Waals surface area (Å²) in [7, 11) is 1.74. The van der Waals surface area contributed by atoms with E-state index in [0.717, 1.165) is 43.9 Å². The number of benzene rings is 1. The fourth-order valence-corrected chi connectivity index (χ4v) is 3.00. The van der Waals surface area contributed by atoms with Crippen LogP contribution in [0.4, 0.5) is 0 Å². The molecule has 0 spiro atoms. The van der Waals surface area contributed by atoms with E-state index in [0.29, 0.717) is 19.1 Å². The standard InChI is InChI=1S/C17H24N4O2/c1-18-17(19-8-7-13-3-2-4-15(22)11-13)20-9-10-21(14-5-6-14)16(23)12-20/h2-4,11,14,22H,5-10,12H2,1H3,(H,18,19). The minimum absolute atomic E-state index is 0.203. The molecule has 1 aromatic carbocycles. The summed E-state index contributed by atoms with van der Waals surface area (Å²) in [6.45, 7) is 2.74. The van der Waals surface area contributed by atoms with Crippen LogP contribution in [0.15, 0.2) is 29.3 Å². The molecule has 2 N–H and O–H groups in total. The largest absolute Gasteiger partial charge is 0.508 e. The van der Waals surface area contributed by atoms with Gasteiger partial charge in [-0.3, -0.25) is 9.79 Å². The minimum atomic E-state index is 0.203. The van der Waals surface area contributed by atoms with Gasteiger partial charge in [-0.2, -0.15) is 0 Å². The Morgan fingerprint density at radius 1 is 1.39 bits per heavy atom. The Morgan fingerprint density at radius 2 is 2.22 bits per heavy atom. The molecule has 6 heteroatoms. The molecule has 0 radical (unpaired) electrons. The molecule has 1 aliphatic carbocycles. The number of nitrogens with zero attached hydrogens (tertiary/aromatic N) is 3. The van der Waals surface area contributed by atoms with Crippen LogP contribution in [0.5, 0.6) is 5.75 Å². The van der Waals surface area contributed by atoms with Crippen LogP contribution in [0.25, 0.3) is 0 Å². The number of hydrogen-bond acceptors (Lipinski definition) is 3. The number of guanidine groups is 1. The van der Waals surface area contributed by atoms with Gasteiger partial charge in [0.25, 0.3) is 0 Å². The summed E-state index contributed by atoms with van der Waals surface area (Å²) < 4.78 is 0. The number of rotatable bonds is 4. The zero-order valence-corrected chi connectivity index (χ0v) is 13.5. The predicted octanol–water partition coefficient (Wildman–Crippen LogP) is 0.817. The molecule has 1 aromatic rings. The van der Waals surface area contributed by atoms with Crippen LogP contribution in [-0.4, -0.2) is 66.0 Å². The highest BCUT2D eigenvalue weighted by atomic mass is 16.3. The van der Waals surface area contributed by atoms with Gasteiger partial charge in [0.2, 0.25) is 5.91 Å². The summed E-state index contributed by atoms with van der Waals surface area (Å²) in [5, 5.41) is 12.8. The third-order valence-corrected chi connectivity index (χ3v) is 4.36. The number of carbonyl (C=O) groups excluding carboxylic acids is 1. The number of hydrogen-bond donors (Lipinski definition) is 2. The lowest BCUT2D eigenvalue weighted by Gasteiger charge is -2.36. The highest BCUT2D eigenvalue weighted by molar-refractivity contribution is 5.87. The molecule has 23 heavy (non-hydrogen) atoms. The fourth-order valence-electron chi connectivity index (χ4n) is 3.00. The van der Waals surface area contributed by atoms with Gasteiger partial charge in [-0.15, -0.1) is 0 Å². The van der Waals surface area contributed by atoms with E-state index >= 15 is 0 Å². The van der Waals surface area contributed by atoms with Crippen LogP contribution in [0.3, 0.4) is 0 Å². The van der Waals surface area contributed by atoms with Crippen LogP contribution in [-0.2, 0) is 11.2 Å². The van der Waals surface area contributed by atoms with Crippen molar-refractivity contribution >= 4 is 11.9 Å². The van der Waals surface area contributed by atoms with Crippen molar-refractivity contribution in [1.82, 2.24) is 15.1 Å². The van der Waals surface area contributed by atoms with E-state index in [2.05, 4.69) is 10.3 Å². The van der Waals surface area contributed by atoms with Gasteiger partial charge in [-0.05, 0) is 37.0 Å². The maximum Gasteiger partial charge on any atom is 0.242 e. The van der Waals surface area contributed by atoms with Crippen LogP contribution in [0.2, 0.25) is 0 Å². The summed E-state index contributed by atoms with van der Waals surface area (Å²) in [5.41, 5.74) is 1.07. The van der Waals surface area contributed by atoms with Crippen molar-refractivity contribution in [3.8, 4) is 5.75 Å². The predicted molar refractivity (Wildman–Crippen MR) is 89.5 cm³/mol. The highest BCUT2D eigenvalue weighted by Crippen LogP contribution is 2.27. The van der Waals surface area contributed by atoms with Crippen molar-refractivity contribution in [2.75, 3.05) is 33.2 Å². The Bertz CT molecular complexity index is 598. The molecule has 0 atom stereocenters. The smallest absolute Gasteiger partial charge is 0.242 e. The summed E-state index contributed by atoms with van der Waals surface area (Å²) in [6, 6.07) is 7.76. The zero-order valence-electron chi connectivity index (χ0n) is 13.5. The molecular weight excluding hydrogens is 292 g/mol. The molecule has 1 saturated heterocycles. The molecule has 0 aromatic heterocycles. The summed E-state index contributed by atoms with van der Waals surface area (Å²) >= 11 is 0. The summed E-state index contributed by atoms with van der Waals surface area (Å²) in [6.07, 6.45) is 3.11. The van der Waals surface area contributed by atoms with Gasteiger partial charge in [0, 0.05) is 32.7 Å². The lowest BCUT2D eigenvalue weighted by molar-refractivity contribution is -0.135. The molecule has 6 nitrogen and oxygen atoms in total. The number of aromatic hydroxyl groups is 1. The Balaban J connectivity index is 1.49. The topological polar surface area (TPSA) is 68.2 Å². The number of nitrogens with one attached hydrogen (secondary N) is 1. The van der Waals surface area contributed by atoms with Crippen molar-refractivity contribution in [2.45, 2.75) is 25.3 Å². The molecule has 2 fully saturated rings. The van der Waals surface area contributed by atoms with Gasteiger partial charge in [0.15, 0.2) is 5.96 Å². The average Bonchev–Trinajstić information content (AvgIpc) is 3.36. The van der Waals surface area contributed by atoms with Gasteiger partial charge in [-0.25, -0.2) is 0 Å². The molecule has 1 aliphatic heterocycles. The number of aliphatic imine (C=N–C) groups is 1. The SMILES string of the molecule is CN=C(NCCc1cccc(O)c1)N1CCN(C2CC2)C(=O)C1. The van der Waals surface area contributed by atoms with Crippen LogP contribution in [0.1, 0.15) is 18.4 Å². The highest BCUT2D eigenvalue weighted by Gasteiger charge is 2.36. The van der Waals surface area contributed by atoms with Gasteiger partial charge < -0.3 is 20.2 Å². The lowest BCUT2D eigenvalue weighted by Crippen LogP contribution is -2.55. The van der Waals surface area contributed by atoms with E-state index < -0.39 is 0 Å². The summed E-state index contributed by atoms with van der Waals surface area (Å²) in [4.78, 5) is 20.5. The summed E-state index contributed by atoms with van der Waals surface area (Å²) in [5.74, 6) is 1.26. The Labute approximate surface area is 136 Å². The first-order valence-electron chi connectivity index (χ1n) is 8.20. The second kappa shape index (κ2) is 6.89. The second-order valence-electron chi connectivity index (χ2n) is 6.13. The minimum Gasteiger partial charge on any atom is -0.508 e. The fraction of sp³-hybridized carbons (Fsp3) is 0.529. The van der Waals surface area contributed by atoms with Crippen molar-refractivity contribution in [3.63, 3.8) is 0 Å². The Hall–Kier alpha value is -2.24. The van der Waals surface area contributed by atoms with Gasteiger partial charge in [-0.1, -0.05) is 12.1 Å². The average molecular weight is 316 g/mol. The molecule has 1 heterocycles. The molecule has 0 unspecified atom stereocenters. The van der Waals surface area contributed by atoms with Crippen LogP contribution >= 0.6 is 0 Å². The van der Waals surface area contributed by atoms with E-state index in [1.54, 1.807) is 19.2 Å². The lowest BCUT2D eigenvalue weighted by atomic mass is 10.1. The molecule has 1 saturated carbocycles. The molecule has 0 bridgehead atoms. The maximum absolute atomic E-state index is 12.2. The van der Waals surface area contributed by atoms with Crippen molar-refractivity contribution < 1.29 is 9.90 Å². The molecule has 124 valence electrons. The first-order valence-corrected chi connectivity index (χ1v) is 8.20. The Morgan fingerprint density at radius 3 is 2.87 bits per heavy atom. The van der Waals surface area contributed by atoms with Gasteiger partial charge in [0.1, 0.15) is 5.75 Å². The Kier molecular flexibility index (Phi) is 4.69. The van der Waals surface area contributed by atoms with E-state index in [1.165, 1.54) is 0 Å². The first kappa shape index (κ1) is 15.6. The van der Waals surface area contributed by atoms with Crippen LogP contribution < -0.4 is 5.32 Å². The number of carbonyl (C=O) groups is 1. The first-order chi connectivity index (χ1) is 11.2. The van der Waals surface area contributed by atoms with Gasteiger partial charge in [0.05, 0.1) is 6.54 Å². The molecule has 2 aliphatic rings. The van der Waals surface area contributed by atoms with E-state index in [1.807, 2.05) is 21.9 Å². The van der Waals surface area contributed by atoms with Crippen molar-refractivity contribution in [2.24, 2.45) is 4.99 Å². The van der Waals surface area contributed by atoms with E-state index in [9.17, 15) is 9.90 Å². The van der Waals surface area contributed by atoms with Crippen molar-refractivity contribution in [3.05, 3.63) is 29.8 Å². The number of phenolic OH excluding ortho intramolecular Hbond substituents is 1. The number of phenols is 1. The van der Waals surface area contributed by atoms with Crippen molar-refractivity contribution in [1.29, 1.82) is 0 Å². The van der Waals surface area contributed by atoms with Crippen LogP contribution in [0, 0.1) is 0 Å². The molecule has 1 amide bonds. The monoisotopic (exact) mass is 316 g/mol. The zero-order chi connectivity index (χ0) is 16.2. The third-order valence-electron chi connectivity index (χ3n) is 4.36.